The number of nitrogens with one attached hydrogen (secondary N) is 1. The third-order valence-corrected chi connectivity index (χ3v) is 5.53. The molecule has 3 rings (SSSR count). The Morgan fingerprint density at radius 3 is 2.50 bits per heavy atom. The predicted molar refractivity (Wildman–Crippen MR) is 124 cm³/mol. The van der Waals surface area contributed by atoms with E-state index in [1.165, 1.54) is 0 Å². The molecule has 2 amide bonds. The summed E-state index contributed by atoms with van der Waals surface area (Å²) < 4.78 is 16.8. The van der Waals surface area contributed by atoms with Crippen molar-refractivity contribution >= 4 is 29.1 Å². The van der Waals surface area contributed by atoms with Crippen LogP contribution in [-0.4, -0.2) is 55.7 Å². The van der Waals surface area contributed by atoms with E-state index in [0.717, 1.165) is 19.4 Å². The highest BCUT2D eigenvalue weighted by molar-refractivity contribution is 6.32. The van der Waals surface area contributed by atoms with E-state index in [2.05, 4.69) is 5.32 Å². The number of hydrogen-bond acceptors (Lipinski definition) is 5. The van der Waals surface area contributed by atoms with Crippen LogP contribution in [0.25, 0.3) is 0 Å². The normalized spacial score (nSPS) is 15.3. The van der Waals surface area contributed by atoms with Gasteiger partial charge in [-0.1, -0.05) is 11.6 Å². The lowest BCUT2D eigenvalue weighted by atomic mass is 10.2. The Bertz CT molecular complexity index is 909. The van der Waals surface area contributed by atoms with Gasteiger partial charge in [0, 0.05) is 30.9 Å². The monoisotopic (exact) mass is 460 g/mol. The zero-order valence-electron chi connectivity index (χ0n) is 18.4. The molecule has 1 fully saturated rings. The Labute approximate surface area is 193 Å². The fourth-order valence-corrected chi connectivity index (χ4v) is 3.61. The molecule has 2 aromatic rings. The van der Waals surface area contributed by atoms with Crippen LogP contribution in [0.15, 0.2) is 42.5 Å². The van der Waals surface area contributed by atoms with Gasteiger partial charge in [0.1, 0.15) is 18.1 Å². The fraction of sp³-hybridized carbons (Fsp3) is 0.417. The number of anilines is 1. The van der Waals surface area contributed by atoms with Crippen molar-refractivity contribution < 1.29 is 23.8 Å². The molecule has 1 heterocycles. The summed E-state index contributed by atoms with van der Waals surface area (Å²) in [6, 6.07) is 11.9. The Hall–Kier alpha value is -2.77. The molecular weight excluding hydrogens is 432 g/mol. The van der Waals surface area contributed by atoms with Gasteiger partial charge in [-0.15, -0.1) is 0 Å². The van der Waals surface area contributed by atoms with Gasteiger partial charge < -0.3 is 24.4 Å². The lowest BCUT2D eigenvalue weighted by molar-refractivity contribution is -0.132. The smallest absolute Gasteiger partial charge is 0.260 e. The van der Waals surface area contributed by atoms with Gasteiger partial charge in [0.05, 0.1) is 11.1 Å². The quantitative estimate of drug-likeness (QED) is 0.568. The molecule has 1 saturated heterocycles. The molecule has 1 atom stereocenters. The zero-order chi connectivity index (χ0) is 22.9. The van der Waals surface area contributed by atoms with E-state index in [4.69, 9.17) is 25.8 Å². The lowest BCUT2D eigenvalue weighted by Crippen LogP contribution is -2.34. The molecule has 32 heavy (non-hydrogen) atoms. The number of amides is 2. The fourth-order valence-electron chi connectivity index (χ4n) is 3.37. The molecule has 8 heteroatoms. The topological polar surface area (TPSA) is 77.1 Å². The molecule has 2 aromatic carbocycles. The summed E-state index contributed by atoms with van der Waals surface area (Å²) >= 11 is 6.27. The molecule has 1 aliphatic rings. The van der Waals surface area contributed by atoms with Crippen LogP contribution < -0.4 is 14.8 Å². The van der Waals surface area contributed by atoms with E-state index < -0.39 is 0 Å². The van der Waals surface area contributed by atoms with Crippen LogP contribution in [0.4, 0.5) is 5.69 Å². The predicted octanol–water partition coefficient (Wildman–Crippen LogP) is 4.40. The highest BCUT2D eigenvalue weighted by Gasteiger charge is 2.16. The van der Waals surface area contributed by atoms with E-state index in [9.17, 15) is 9.59 Å². The maximum atomic E-state index is 12.5. The summed E-state index contributed by atoms with van der Waals surface area (Å²) in [5.74, 6) is 0.711. The van der Waals surface area contributed by atoms with E-state index in [0.29, 0.717) is 47.5 Å². The first-order valence-corrected chi connectivity index (χ1v) is 11.2. The van der Waals surface area contributed by atoms with Crippen molar-refractivity contribution in [2.45, 2.75) is 32.8 Å². The van der Waals surface area contributed by atoms with E-state index in [-0.39, 0.29) is 24.5 Å². The van der Waals surface area contributed by atoms with E-state index in [1.807, 2.05) is 13.8 Å². The lowest BCUT2D eigenvalue weighted by Gasteiger charge is -2.19. The maximum absolute atomic E-state index is 12.5. The van der Waals surface area contributed by atoms with Crippen LogP contribution in [0.3, 0.4) is 0 Å². The Kier molecular flexibility index (Phi) is 8.76. The Balaban J connectivity index is 1.52. The largest absolute Gasteiger partial charge is 0.491 e. The van der Waals surface area contributed by atoms with Crippen LogP contribution >= 0.6 is 11.6 Å². The molecule has 0 aromatic heterocycles. The highest BCUT2D eigenvalue weighted by atomic mass is 35.5. The van der Waals surface area contributed by atoms with Crippen LogP contribution in [0.2, 0.25) is 5.02 Å². The SMILES string of the molecule is CCN(CC)C(=O)COc1ccc(NC(=O)c2ccc(OCC3CCCO3)cc2)cc1Cl. The molecule has 0 saturated carbocycles. The van der Waals surface area contributed by atoms with Crippen molar-refractivity contribution in [2.24, 2.45) is 0 Å². The number of carbonyl (C=O) groups is 2. The molecule has 7 nitrogen and oxygen atoms in total. The number of benzene rings is 2. The number of rotatable bonds is 10. The highest BCUT2D eigenvalue weighted by Crippen LogP contribution is 2.28. The van der Waals surface area contributed by atoms with E-state index >= 15 is 0 Å². The molecule has 0 bridgehead atoms. The van der Waals surface area contributed by atoms with Crippen LogP contribution in [0.1, 0.15) is 37.0 Å². The number of likely N-dealkylation sites (N-methyl/N-ethyl adjacent to an activating group) is 1. The van der Waals surface area contributed by atoms with Crippen LogP contribution in [0, 0.1) is 0 Å². The first-order chi connectivity index (χ1) is 15.5. The molecule has 172 valence electrons. The van der Waals surface area contributed by atoms with Gasteiger partial charge in [-0.05, 0) is 69.2 Å². The van der Waals surface area contributed by atoms with Gasteiger partial charge in [0.25, 0.3) is 11.8 Å². The van der Waals surface area contributed by atoms with Gasteiger partial charge in [0.15, 0.2) is 6.61 Å². The Morgan fingerprint density at radius 2 is 1.88 bits per heavy atom. The first-order valence-electron chi connectivity index (χ1n) is 10.9. The molecule has 1 unspecified atom stereocenters. The number of hydrogen-bond donors (Lipinski definition) is 1. The van der Waals surface area contributed by atoms with E-state index in [1.54, 1.807) is 47.4 Å². The molecule has 0 radical (unpaired) electrons. The van der Waals surface area contributed by atoms with Crippen LogP contribution in [-0.2, 0) is 9.53 Å². The minimum Gasteiger partial charge on any atom is -0.491 e. The second kappa shape index (κ2) is 11.7. The van der Waals surface area contributed by atoms with Gasteiger partial charge in [-0.2, -0.15) is 0 Å². The van der Waals surface area contributed by atoms with Crippen molar-refractivity contribution in [3.63, 3.8) is 0 Å². The molecule has 1 aliphatic heterocycles. The average Bonchev–Trinajstić information content (AvgIpc) is 3.32. The minimum absolute atomic E-state index is 0.0889. The standard InChI is InChI=1S/C24H29ClN2O5/c1-3-27(4-2)23(28)16-32-22-12-9-18(14-21(22)25)26-24(29)17-7-10-19(11-8-17)31-15-20-6-5-13-30-20/h7-12,14,20H,3-6,13,15-16H2,1-2H3,(H,26,29). The second-order valence-corrected chi connectivity index (χ2v) is 7.83. The number of halogens is 1. The second-order valence-electron chi connectivity index (χ2n) is 7.42. The third-order valence-electron chi connectivity index (χ3n) is 5.23. The summed E-state index contributed by atoms with van der Waals surface area (Å²) in [6.07, 6.45) is 2.22. The van der Waals surface area contributed by atoms with Crippen molar-refractivity contribution in [3.8, 4) is 11.5 Å². The first kappa shape index (κ1) is 23.9. The van der Waals surface area contributed by atoms with Crippen molar-refractivity contribution in [3.05, 3.63) is 53.1 Å². The van der Waals surface area contributed by atoms with Crippen molar-refractivity contribution in [2.75, 3.05) is 38.2 Å². The van der Waals surface area contributed by atoms with Gasteiger partial charge in [0.2, 0.25) is 0 Å². The molecule has 0 spiro atoms. The summed E-state index contributed by atoms with van der Waals surface area (Å²) in [5.41, 5.74) is 1.02. The zero-order valence-corrected chi connectivity index (χ0v) is 19.2. The summed E-state index contributed by atoms with van der Waals surface area (Å²) in [7, 11) is 0. The van der Waals surface area contributed by atoms with Crippen molar-refractivity contribution in [1.29, 1.82) is 0 Å². The minimum atomic E-state index is -0.267. The summed E-state index contributed by atoms with van der Waals surface area (Å²) in [4.78, 5) is 26.3. The molecular formula is C24H29ClN2O5. The number of nitrogens with zero attached hydrogens (tertiary/aromatic N) is 1. The van der Waals surface area contributed by atoms with Crippen LogP contribution in [0.5, 0.6) is 11.5 Å². The number of carbonyl (C=O) groups excluding carboxylic acids is 2. The van der Waals surface area contributed by atoms with Gasteiger partial charge in [-0.25, -0.2) is 0 Å². The van der Waals surface area contributed by atoms with Crippen molar-refractivity contribution in [1.82, 2.24) is 4.90 Å². The summed E-state index contributed by atoms with van der Waals surface area (Å²) in [6.45, 7) is 6.29. The summed E-state index contributed by atoms with van der Waals surface area (Å²) in [5, 5.41) is 3.12. The number of ether oxygens (including phenoxy) is 3. The maximum Gasteiger partial charge on any atom is 0.260 e. The van der Waals surface area contributed by atoms with Gasteiger partial charge in [-0.3, -0.25) is 9.59 Å². The Morgan fingerprint density at radius 1 is 1.12 bits per heavy atom. The third kappa shape index (κ3) is 6.61. The van der Waals surface area contributed by atoms with Gasteiger partial charge >= 0.3 is 0 Å². The molecule has 0 aliphatic carbocycles. The molecule has 1 N–H and O–H groups in total. The average molecular weight is 461 g/mol.